The fourth-order valence-corrected chi connectivity index (χ4v) is 5.05. The molecule has 3 amide bonds. The van der Waals surface area contributed by atoms with Crippen molar-refractivity contribution >= 4 is 17.7 Å². The molecule has 1 saturated carbocycles. The molecule has 2 aromatic rings. The minimum Gasteiger partial charge on any atom is -0.350 e. The second-order valence-corrected chi connectivity index (χ2v) is 9.11. The van der Waals surface area contributed by atoms with Gasteiger partial charge in [-0.15, -0.1) is 0 Å². The Morgan fingerprint density at radius 3 is 2.21 bits per heavy atom. The van der Waals surface area contributed by atoms with Gasteiger partial charge in [-0.2, -0.15) is 0 Å². The van der Waals surface area contributed by atoms with Crippen LogP contribution in [0.5, 0.6) is 0 Å². The molecule has 2 atom stereocenters. The first-order valence-electron chi connectivity index (χ1n) is 12.1. The standard InChI is InChI=1S/C27H33N3O3/c31-25(22-15-8-3-9-16-22)29-24(21-13-6-2-7-14-21)27(33)30-18-10-17-23(30)26(32)28-19-20-11-4-1-5-12-20/h1,3-5,8-9,11-12,15-16,21,23-24H,2,6-7,10,13-14,17-19H2,(H,28,32)(H,29,31)/t23-,24-/m0/s1. The van der Waals surface area contributed by atoms with Crippen LogP contribution in [-0.2, 0) is 16.1 Å². The normalized spacial score (nSPS) is 19.6. The molecule has 2 aromatic carbocycles. The van der Waals surface area contributed by atoms with E-state index in [1.165, 1.54) is 0 Å². The summed E-state index contributed by atoms with van der Waals surface area (Å²) in [6, 6.07) is 17.7. The molecular weight excluding hydrogens is 414 g/mol. The predicted molar refractivity (Wildman–Crippen MR) is 127 cm³/mol. The van der Waals surface area contributed by atoms with Crippen molar-refractivity contribution in [2.24, 2.45) is 5.92 Å². The van der Waals surface area contributed by atoms with Crippen molar-refractivity contribution in [1.29, 1.82) is 0 Å². The highest BCUT2D eigenvalue weighted by atomic mass is 16.2. The molecule has 2 N–H and O–H groups in total. The lowest BCUT2D eigenvalue weighted by Crippen LogP contribution is -2.56. The van der Waals surface area contributed by atoms with Crippen LogP contribution in [-0.4, -0.2) is 41.2 Å². The Morgan fingerprint density at radius 1 is 0.848 bits per heavy atom. The molecule has 2 aliphatic rings. The summed E-state index contributed by atoms with van der Waals surface area (Å²) in [7, 11) is 0. The first kappa shape index (κ1) is 23.0. The van der Waals surface area contributed by atoms with Gasteiger partial charge in [0.2, 0.25) is 11.8 Å². The number of carbonyl (C=O) groups is 3. The third-order valence-corrected chi connectivity index (χ3v) is 6.86. The van der Waals surface area contributed by atoms with Gasteiger partial charge in [0, 0.05) is 18.7 Å². The molecule has 4 rings (SSSR count). The molecule has 0 unspecified atom stereocenters. The van der Waals surface area contributed by atoms with Crippen molar-refractivity contribution in [3.63, 3.8) is 0 Å². The zero-order valence-electron chi connectivity index (χ0n) is 19.0. The molecule has 1 aliphatic heterocycles. The maximum atomic E-state index is 13.7. The van der Waals surface area contributed by atoms with Crippen molar-refractivity contribution < 1.29 is 14.4 Å². The summed E-state index contributed by atoms with van der Waals surface area (Å²) < 4.78 is 0. The highest BCUT2D eigenvalue weighted by Gasteiger charge is 2.40. The topological polar surface area (TPSA) is 78.5 Å². The summed E-state index contributed by atoms with van der Waals surface area (Å²) in [5.74, 6) is -0.374. The molecule has 6 nitrogen and oxygen atoms in total. The van der Waals surface area contributed by atoms with Crippen LogP contribution in [0.4, 0.5) is 0 Å². The van der Waals surface area contributed by atoms with E-state index in [1.807, 2.05) is 48.5 Å². The third-order valence-electron chi connectivity index (χ3n) is 6.86. The molecule has 174 valence electrons. The lowest BCUT2D eigenvalue weighted by Gasteiger charge is -2.34. The molecule has 1 heterocycles. The quantitative estimate of drug-likeness (QED) is 0.680. The van der Waals surface area contributed by atoms with Gasteiger partial charge in [0.05, 0.1) is 0 Å². The summed E-state index contributed by atoms with van der Waals surface area (Å²) in [5.41, 5.74) is 1.57. The smallest absolute Gasteiger partial charge is 0.251 e. The van der Waals surface area contributed by atoms with E-state index in [9.17, 15) is 14.4 Å². The molecular formula is C27H33N3O3. The molecule has 6 heteroatoms. The molecule has 33 heavy (non-hydrogen) atoms. The average Bonchev–Trinajstić information content (AvgIpc) is 3.37. The Bertz CT molecular complexity index is 942. The number of hydrogen-bond donors (Lipinski definition) is 2. The van der Waals surface area contributed by atoms with Gasteiger partial charge in [-0.25, -0.2) is 0 Å². The molecule has 0 aromatic heterocycles. The van der Waals surface area contributed by atoms with Gasteiger partial charge in [0.15, 0.2) is 0 Å². The molecule has 2 fully saturated rings. The van der Waals surface area contributed by atoms with E-state index >= 15 is 0 Å². The van der Waals surface area contributed by atoms with E-state index in [0.29, 0.717) is 25.1 Å². The first-order chi connectivity index (χ1) is 16.1. The Kier molecular flexibility index (Phi) is 7.76. The Labute approximate surface area is 195 Å². The predicted octanol–water partition coefficient (Wildman–Crippen LogP) is 3.67. The third kappa shape index (κ3) is 5.81. The van der Waals surface area contributed by atoms with Crippen LogP contribution < -0.4 is 10.6 Å². The zero-order valence-corrected chi connectivity index (χ0v) is 19.0. The molecule has 0 bridgehead atoms. The number of nitrogens with zero attached hydrogens (tertiary/aromatic N) is 1. The molecule has 1 aliphatic carbocycles. The van der Waals surface area contributed by atoms with Gasteiger partial charge >= 0.3 is 0 Å². The lowest BCUT2D eigenvalue weighted by molar-refractivity contribution is -0.141. The SMILES string of the molecule is O=C(N[C@H](C(=O)N1CCC[C@H]1C(=O)NCc1ccccc1)C1CCCCC1)c1ccccc1. The monoisotopic (exact) mass is 447 g/mol. The summed E-state index contributed by atoms with van der Waals surface area (Å²) in [6.07, 6.45) is 6.58. The summed E-state index contributed by atoms with van der Waals surface area (Å²) in [6.45, 7) is 0.988. The van der Waals surface area contributed by atoms with E-state index in [-0.39, 0.29) is 23.6 Å². The largest absolute Gasteiger partial charge is 0.350 e. The van der Waals surface area contributed by atoms with Crippen LogP contribution in [0.2, 0.25) is 0 Å². The minimum absolute atomic E-state index is 0.104. The van der Waals surface area contributed by atoms with Crippen molar-refractivity contribution in [2.45, 2.75) is 63.6 Å². The number of nitrogens with one attached hydrogen (secondary N) is 2. The Balaban J connectivity index is 1.46. The van der Waals surface area contributed by atoms with E-state index in [1.54, 1.807) is 17.0 Å². The molecule has 0 radical (unpaired) electrons. The number of benzene rings is 2. The van der Waals surface area contributed by atoms with Crippen LogP contribution in [0, 0.1) is 5.92 Å². The number of rotatable bonds is 7. The van der Waals surface area contributed by atoms with Crippen molar-refractivity contribution in [2.75, 3.05) is 6.54 Å². The van der Waals surface area contributed by atoms with Crippen molar-refractivity contribution in [3.05, 3.63) is 71.8 Å². The maximum absolute atomic E-state index is 13.7. The summed E-state index contributed by atoms with van der Waals surface area (Å²) >= 11 is 0. The van der Waals surface area contributed by atoms with Gasteiger partial charge in [-0.3, -0.25) is 14.4 Å². The van der Waals surface area contributed by atoms with E-state index < -0.39 is 12.1 Å². The van der Waals surface area contributed by atoms with Gasteiger partial charge in [-0.1, -0.05) is 67.8 Å². The average molecular weight is 448 g/mol. The van der Waals surface area contributed by atoms with Crippen LogP contribution >= 0.6 is 0 Å². The number of hydrogen-bond acceptors (Lipinski definition) is 3. The summed E-state index contributed by atoms with van der Waals surface area (Å²) in [5, 5.41) is 6.03. The number of carbonyl (C=O) groups excluding carboxylic acids is 3. The maximum Gasteiger partial charge on any atom is 0.251 e. The second-order valence-electron chi connectivity index (χ2n) is 9.11. The second kappa shape index (κ2) is 11.1. The van der Waals surface area contributed by atoms with Crippen LogP contribution in [0.3, 0.4) is 0 Å². The van der Waals surface area contributed by atoms with E-state index in [4.69, 9.17) is 0 Å². The highest BCUT2D eigenvalue weighted by Crippen LogP contribution is 2.29. The van der Waals surface area contributed by atoms with Crippen molar-refractivity contribution in [3.8, 4) is 0 Å². The molecule has 0 spiro atoms. The molecule has 1 saturated heterocycles. The van der Waals surface area contributed by atoms with Gasteiger partial charge in [0.25, 0.3) is 5.91 Å². The van der Waals surface area contributed by atoms with Gasteiger partial charge in [-0.05, 0) is 49.3 Å². The Hall–Kier alpha value is -3.15. The Morgan fingerprint density at radius 2 is 1.52 bits per heavy atom. The highest BCUT2D eigenvalue weighted by molar-refractivity contribution is 5.98. The van der Waals surface area contributed by atoms with Crippen LogP contribution in [0.25, 0.3) is 0 Å². The fourth-order valence-electron chi connectivity index (χ4n) is 5.05. The number of amides is 3. The van der Waals surface area contributed by atoms with Gasteiger partial charge < -0.3 is 15.5 Å². The van der Waals surface area contributed by atoms with E-state index in [0.717, 1.165) is 44.1 Å². The lowest BCUT2D eigenvalue weighted by atomic mass is 9.83. The zero-order chi connectivity index (χ0) is 23.0. The van der Waals surface area contributed by atoms with Crippen LogP contribution in [0.1, 0.15) is 60.9 Å². The van der Waals surface area contributed by atoms with Gasteiger partial charge in [0.1, 0.15) is 12.1 Å². The van der Waals surface area contributed by atoms with E-state index in [2.05, 4.69) is 10.6 Å². The first-order valence-corrected chi connectivity index (χ1v) is 12.1. The number of likely N-dealkylation sites (tertiary alicyclic amines) is 1. The van der Waals surface area contributed by atoms with Crippen LogP contribution in [0.15, 0.2) is 60.7 Å². The minimum atomic E-state index is -0.597. The fraction of sp³-hybridized carbons (Fsp3) is 0.444. The summed E-state index contributed by atoms with van der Waals surface area (Å²) in [4.78, 5) is 41.3. The van der Waals surface area contributed by atoms with Crippen molar-refractivity contribution in [1.82, 2.24) is 15.5 Å².